The van der Waals surface area contributed by atoms with Gasteiger partial charge in [-0.05, 0) is 19.9 Å². The van der Waals surface area contributed by atoms with Crippen LogP contribution in [-0.4, -0.2) is 31.5 Å². The molecule has 0 spiro atoms. The number of hydrogen-bond donors (Lipinski definition) is 3. The van der Waals surface area contributed by atoms with Crippen LogP contribution in [0.1, 0.15) is 13.8 Å². The number of carbonyl (C=O) groups excluding carboxylic acids is 1. The molecule has 102 valence electrons. The number of ether oxygens (including phenoxy) is 3. The average Bonchev–Trinajstić information content (AvgIpc) is 2.64. The molecule has 18 heavy (non-hydrogen) atoms. The first-order valence-electron chi connectivity index (χ1n) is 5.50. The number of amides is 1. The van der Waals surface area contributed by atoms with E-state index in [-0.39, 0.29) is 17.8 Å². The number of nitrogens with two attached hydrogens (primary N) is 2. The molecular weight excluding hydrogens is 238 g/mol. The minimum atomic E-state index is -0.579. The molecule has 1 aliphatic rings. The fraction of sp³-hybridized carbons (Fsp3) is 0.545. The van der Waals surface area contributed by atoms with Crippen LogP contribution in [0.25, 0.3) is 0 Å². The van der Waals surface area contributed by atoms with Gasteiger partial charge in [0.25, 0.3) is 0 Å². The van der Waals surface area contributed by atoms with Crippen molar-refractivity contribution >= 4 is 6.41 Å². The summed E-state index contributed by atoms with van der Waals surface area (Å²) < 4.78 is 16.2. The first-order valence-corrected chi connectivity index (χ1v) is 5.50. The third kappa shape index (κ3) is 5.07. The Morgan fingerprint density at radius 3 is 2.78 bits per heavy atom. The molecule has 7 heteroatoms. The SMILES string of the molecule is CC1(C)OCC(CO/C(N)=C/C=C(\N)NC=O)O1. The Hall–Kier alpha value is -1.73. The Kier molecular flexibility index (Phi) is 4.99. The maximum absolute atomic E-state index is 10.1. The normalized spacial score (nSPS) is 23.8. The first-order chi connectivity index (χ1) is 8.43. The average molecular weight is 257 g/mol. The van der Waals surface area contributed by atoms with Crippen LogP contribution in [0.4, 0.5) is 0 Å². The summed E-state index contributed by atoms with van der Waals surface area (Å²) in [4.78, 5) is 10.1. The van der Waals surface area contributed by atoms with Crippen LogP contribution >= 0.6 is 0 Å². The lowest BCUT2D eigenvalue weighted by Crippen LogP contribution is -2.24. The predicted molar refractivity (Wildman–Crippen MR) is 64.6 cm³/mol. The number of nitrogens with one attached hydrogen (secondary N) is 1. The van der Waals surface area contributed by atoms with E-state index < -0.39 is 5.79 Å². The molecule has 1 rings (SSSR count). The van der Waals surface area contributed by atoms with E-state index in [4.69, 9.17) is 25.7 Å². The summed E-state index contributed by atoms with van der Waals surface area (Å²) >= 11 is 0. The van der Waals surface area contributed by atoms with E-state index in [1.807, 2.05) is 13.8 Å². The smallest absolute Gasteiger partial charge is 0.212 e. The van der Waals surface area contributed by atoms with Crippen molar-refractivity contribution in [2.24, 2.45) is 11.5 Å². The highest BCUT2D eigenvalue weighted by molar-refractivity contribution is 5.49. The van der Waals surface area contributed by atoms with Crippen molar-refractivity contribution in [2.45, 2.75) is 25.7 Å². The van der Waals surface area contributed by atoms with Crippen molar-refractivity contribution in [2.75, 3.05) is 13.2 Å². The lowest BCUT2D eigenvalue weighted by atomic mass is 10.4. The third-order valence-electron chi connectivity index (χ3n) is 2.16. The van der Waals surface area contributed by atoms with Gasteiger partial charge in [-0.2, -0.15) is 0 Å². The fourth-order valence-electron chi connectivity index (χ4n) is 1.37. The molecule has 0 aromatic rings. The van der Waals surface area contributed by atoms with Crippen LogP contribution in [-0.2, 0) is 19.0 Å². The summed E-state index contributed by atoms with van der Waals surface area (Å²) in [6.07, 6.45) is 3.20. The maximum atomic E-state index is 10.1. The molecule has 0 aromatic carbocycles. The van der Waals surface area contributed by atoms with Crippen molar-refractivity contribution in [3.05, 3.63) is 23.9 Å². The maximum Gasteiger partial charge on any atom is 0.212 e. The summed E-state index contributed by atoms with van der Waals surface area (Å²) in [6.45, 7) is 4.42. The fourth-order valence-corrected chi connectivity index (χ4v) is 1.37. The third-order valence-corrected chi connectivity index (χ3v) is 2.16. The summed E-state index contributed by atoms with van der Waals surface area (Å²) in [5.74, 6) is -0.220. The van der Waals surface area contributed by atoms with Crippen LogP contribution < -0.4 is 16.8 Å². The van der Waals surface area contributed by atoms with Gasteiger partial charge in [0.1, 0.15) is 18.5 Å². The van der Waals surface area contributed by atoms with Gasteiger partial charge < -0.3 is 31.0 Å². The Balaban J connectivity index is 2.33. The molecule has 0 bridgehead atoms. The van der Waals surface area contributed by atoms with E-state index in [9.17, 15) is 4.79 Å². The molecule has 0 aliphatic carbocycles. The zero-order valence-corrected chi connectivity index (χ0v) is 10.5. The quantitative estimate of drug-likeness (QED) is 0.336. The van der Waals surface area contributed by atoms with Crippen LogP contribution in [0.5, 0.6) is 0 Å². The van der Waals surface area contributed by atoms with Gasteiger partial charge in [0, 0.05) is 6.08 Å². The van der Waals surface area contributed by atoms with Crippen LogP contribution in [0.15, 0.2) is 23.9 Å². The molecule has 0 aromatic heterocycles. The largest absolute Gasteiger partial charge is 0.477 e. The standard InChI is InChI=1S/C11H19N3O4/c1-11(2)17-6-8(18-11)5-16-10(13)4-3-9(12)14-7-15/h3-4,7-8H,5-6,12-13H2,1-2H3,(H,14,15)/b9-3+,10-4+. The van der Waals surface area contributed by atoms with Crippen LogP contribution in [0.2, 0.25) is 0 Å². The summed E-state index contributed by atoms with van der Waals surface area (Å²) in [5.41, 5.74) is 11.0. The number of rotatable bonds is 6. The van der Waals surface area contributed by atoms with Gasteiger partial charge in [-0.25, -0.2) is 0 Å². The first kappa shape index (κ1) is 14.3. The molecule has 0 radical (unpaired) electrons. The molecule has 1 amide bonds. The molecular formula is C11H19N3O4. The number of allylic oxidation sites excluding steroid dienone is 2. The van der Waals surface area contributed by atoms with Crippen molar-refractivity contribution in [3.8, 4) is 0 Å². The van der Waals surface area contributed by atoms with E-state index in [2.05, 4.69) is 5.32 Å². The highest BCUT2D eigenvalue weighted by atomic mass is 16.7. The van der Waals surface area contributed by atoms with E-state index in [1.54, 1.807) is 0 Å². The van der Waals surface area contributed by atoms with Crippen LogP contribution in [0, 0.1) is 0 Å². The molecule has 0 saturated carbocycles. The van der Waals surface area contributed by atoms with Crippen LogP contribution in [0.3, 0.4) is 0 Å². The lowest BCUT2D eigenvalue weighted by Gasteiger charge is -2.17. The molecule has 1 unspecified atom stereocenters. The number of carbonyl (C=O) groups is 1. The molecule has 1 saturated heterocycles. The molecule has 7 nitrogen and oxygen atoms in total. The second kappa shape index (κ2) is 6.27. The topological polar surface area (TPSA) is 109 Å². The zero-order valence-electron chi connectivity index (χ0n) is 10.5. The Morgan fingerprint density at radius 2 is 2.22 bits per heavy atom. The van der Waals surface area contributed by atoms with E-state index in [0.29, 0.717) is 19.6 Å². The van der Waals surface area contributed by atoms with Gasteiger partial charge in [0.15, 0.2) is 11.7 Å². The Bertz CT molecular complexity index is 352. The highest BCUT2D eigenvalue weighted by Crippen LogP contribution is 2.22. The van der Waals surface area contributed by atoms with E-state index >= 15 is 0 Å². The molecule has 1 fully saturated rings. The minimum Gasteiger partial charge on any atom is -0.477 e. The molecule has 5 N–H and O–H groups in total. The highest BCUT2D eigenvalue weighted by Gasteiger charge is 2.32. The number of hydrogen-bond acceptors (Lipinski definition) is 6. The zero-order chi connectivity index (χ0) is 13.6. The molecule has 1 heterocycles. The summed E-state index contributed by atoms with van der Waals surface area (Å²) in [7, 11) is 0. The van der Waals surface area contributed by atoms with Gasteiger partial charge in [0.05, 0.1) is 6.61 Å². The second-order valence-electron chi connectivity index (χ2n) is 4.21. The van der Waals surface area contributed by atoms with Crippen molar-refractivity contribution in [1.82, 2.24) is 5.32 Å². The lowest BCUT2D eigenvalue weighted by molar-refractivity contribution is -0.143. The van der Waals surface area contributed by atoms with Gasteiger partial charge in [-0.1, -0.05) is 0 Å². The minimum absolute atomic E-state index is 0.152. The summed E-state index contributed by atoms with van der Waals surface area (Å²) in [5, 5.41) is 2.27. The van der Waals surface area contributed by atoms with Crippen molar-refractivity contribution in [3.63, 3.8) is 0 Å². The summed E-state index contributed by atoms with van der Waals surface area (Å²) in [6, 6.07) is 0. The van der Waals surface area contributed by atoms with Gasteiger partial charge in [-0.3, -0.25) is 4.79 Å². The van der Waals surface area contributed by atoms with E-state index in [1.165, 1.54) is 12.2 Å². The molecule has 1 aliphatic heterocycles. The van der Waals surface area contributed by atoms with Crippen molar-refractivity contribution in [1.29, 1.82) is 0 Å². The van der Waals surface area contributed by atoms with E-state index in [0.717, 1.165) is 0 Å². The molecule has 1 atom stereocenters. The van der Waals surface area contributed by atoms with Gasteiger partial charge in [0.2, 0.25) is 6.41 Å². The Labute approximate surface area is 106 Å². The predicted octanol–water partition coefficient (Wildman–Crippen LogP) is -0.499. The monoisotopic (exact) mass is 257 g/mol. The van der Waals surface area contributed by atoms with Gasteiger partial charge in [-0.15, -0.1) is 0 Å². The van der Waals surface area contributed by atoms with Gasteiger partial charge >= 0.3 is 0 Å². The van der Waals surface area contributed by atoms with Crippen molar-refractivity contribution < 1.29 is 19.0 Å². The second-order valence-corrected chi connectivity index (χ2v) is 4.21. The Morgan fingerprint density at radius 1 is 1.50 bits per heavy atom.